The van der Waals surface area contributed by atoms with Crippen LogP contribution in [0.25, 0.3) is 0 Å². The van der Waals surface area contributed by atoms with Crippen LogP contribution in [0.1, 0.15) is 12.5 Å². The van der Waals surface area contributed by atoms with Crippen LogP contribution < -0.4 is 10.6 Å². The molecule has 1 aromatic heterocycles. The monoisotopic (exact) mass is 208 g/mol. The molecule has 1 atom stereocenters. The molecule has 1 heterocycles. The fourth-order valence-electron chi connectivity index (χ4n) is 1.25. The minimum absolute atomic E-state index is 0.00406. The number of aliphatic hydroxyl groups excluding tert-OH is 1. The molecule has 0 radical (unpaired) electrons. The van der Waals surface area contributed by atoms with E-state index in [1.54, 1.807) is 18.5 Å². The summed E-state index contributed by atoms with van der Waals surface area (Å²) in [6.07, 6.45) is 3.24. The molecule has 82 valence electrons. The molecular weight excluding hydrogens is 192 g/mol. The summed E-state index contributed by atoms with van der Waals surface area (Å²) >= 11 is 0. The highest BCUT2D eigenvalue weighted by atomic mass is 16.3. The predicted octanol–water partition coefficient (Wildman–Crippen LogP) is 0.183. The second kappa shape index (κ2) is 4.75. The Morgan fingerprint density at radius 2 is 2.40 bits per heavy atom. The lowest BCUT2D eigenvalue weighted by Crippen LogP contribution is -2.33. The highest BCUT2D eigenvalue weighted by Gasteiger charge is 2.13. The van der Waals surface area contributed by atoms with Crippen LogP contribution in [0.15, 0.2) is 18.5 Å². The molecule has 1 aromatic rings. The number of nitrogen functional groups attached to an aromatic ring is 1. The van der Waals surface area contributed by atoms with Gasteiger partial charge in [0.15, 0.2) is 0 Å². The smallest absolute Gasteiger partial charge is 0.125 e. The highest BCUT2D eigenvalue weighted by Crippen LogP contribution is 2.18. The number of nitrogens with two attached hydrogens (primary N) is 1. The summed E-state index contributed by atoms with van der Waals surface area (Å²) in [6, 6.07) is 1.66. The van der Waals surface area contributed by atoms with Gasteiger partial charge in [-0.1, -0.05) is 0 Å². The Bertz CT molecular complexity index is 353. The van der Waals surface area contributed by atoms with Crippen molar-refractivity contribution in [2.45, 2.75) is 13.0 Å². The van der Waals surface area contributed by atoms with Crippen molar-refractivity contribution in [1.29, 1.82) is 5.41 Å². The zero-order chi connectivity index (χ0) is 11.4. The summed E-state index contributed by atoms with van der Waals surface area (Å²) in [7, 11) is 1.84. The van der Waals surface area contributed by atoms with Gasteiger partial charge in [0.2, 0.25) is 0 Å². The molecule has 0 amide bonds. The van der Waals surface area contributed by atoms with Gasteiger partial charge in [-0.2, -0.15) is 0 Å². The number of nitrogens with zero attached hydrogens (tertiary/aromatic N) is 2. The quantitative estimate of drug-likeness (QED) is 0.486. The molecule has 0 saturated carbocycles. The Morgan fingerprint density at radius 3 is 2.93 bits per heavy atom. The molecule has 0 bridgehead atoms. The van der Waals surface area contributed by atoms with E-state index in [0.29, 0.717) is 5.56 Å². The van der Waals surface area contributed by atoms with Crippen LogP contribution in [-0.2, 0) is 0 Å². The lowest BCUT2D eigenvalue weighted by molar-refractivity contribution is 0.270. The topological polar surface area (TPSA) is 86.2 Å². The number of rotatable bonds is 4. The maximum Gasteiger partial charge on any atom is 0.125 e. The summed E-state index contributed by atoms with van der Waals surface area (Å²) < 4.78 is 0. The number of hydrogen-bond acceptors (Lipinski definition) is 4. The van der Waals surface area contributed by atoms with E-state index in [4.69, 9.17) is 16.2 Å². The first-order valence-corrected chi connectivity index (χ1v) is 4.70. The largest absolute Gasteiger partial charge is 0.394 e. The number of likely N-dealkylation sites (N-methyl/N-ethyl adjacent to an activating group) is 1. The summed E-state index contributed by atoms with van der Waals surface area (Å²) in [5.41, 5.74) is 6.85. The lowest BCUT2D eigenvalue weighted by Gasteiger charge is -2.26. The molecule has 0 aliphatic rings. The van der Waals surface area contributed by atoms with E-state index in [9.17, 15) is 0 Å². The van der Waals surface area contributed by atoms with Crippen LogP contribution in [0.4, 0.5) is 5.69 Å². The Kier molecular flexibility index (Phi) is 3.62. The molecular formula is C10H16N4O. The molecule has 0 aliphatic heterocycles. The molecule has 0 aromatic carbocycles. The van der Waals surface area contributed by atoms with Crippen molar-refractivity contribution >= 4 is 11.5 Å². The van der Waals surface area contributed by atoms with Crippen molar-refractivity contribution in [3.05, 3.63) is 24.0 Å². The van der Waals surface area contributed by atoms with Gasteiger partial charge in [0.25, 0.3) is 0 Å². The Morgan fingerprint density at radius 1 is 1.73 bits per heavy atom. The maximum absolute atomic E-state index is 9.05. The summed E-state index contributed by atoms with van der Waals surface area (Å²) in [5.74, 6) is 0.00406. The highest BCUT2D eigenvalue weighted by molar-refractivity contribution is 6.00. The van der Waals surface area contributed by atoms with Crippen molar-refractivity contribution in [2.75, 3.05) is 18.6 Å². The molecule has 0 fully saturated rings. The zero-order valence-electron chi connectivity index (χ0n) is 8.94. The fourth-order valence-corrected chi connectivity index (χ4v) is 1.25. The van der Waals surface area contributed by atoms with Crippen LogP contribution in [0.5, 0.6) is 0 Å². The minimum atomic E-state index is -0.0349. The van der Waals surface area contributed by atoms with Gasteiger partial charge in [0.1, 0.15) is 5.84 Å². The Hall–Kier alpha value is -1.62. The third kappa shape index (κ3) is 2.44. The molecule has 4 N–H and O–H groups in total. The Balaban J connectivity index is 3.07. The van der Waals surface area contributed by atoms with E-state index in [2.05, 4.69) is 4.98 Å². The van der Waals surface area contributed by atoms with E-state index in [-0.39, 0.29) is 18.5 Å². The number of nitrogens with one attached hydrogen (secondary N) is 1. The number of amidine groups is 1. The van der Waals surface area contributed by atoms with Crippen molar-refractivity contribution < 1.29 is 5.11 Å². The Labute approximate surface area is 89.1 Å². The first-order valence-electron chi connectivity index (χ1n) is 4.70. The van der Waals surface area contributed by atoms with Crippen molar-refractivity contribution in [2.24, 2.45) is 5.73 Å². The molecule has 0 aliphatic carbocycles. The van der Waals surface area contributed by atoms with Gasteiger partial charge >= 0.3 is 0 Å². The van der Waals surface area contributed by atoms with Crippen LogP contribution >= 0.6 is 0 Å². The average molecular weight is 208 g/mol. The van der Waals surface area contributed by atoms with Gasteiger partial charge in [0, 0.05) is 24.8 Å². The van der Waals surface area contributed by atoms with Crippen molar-refractivity contribution in [3.8, 4) is 0 Å². The van der Waals surface area contributed by atoms with Crippen molar-refractivity contribution in [1.82, 2.24) is 4.98 Å². The van der Waals surface area contributed by atoms with Gasteiger partial charge in [-0.25, -0.2) is 0 Å². The zero-order valence-corrected chi connectivity index (χ0v) is 8.94. The van der Waals surface area contributed by atoms with E-state index < -0.39 is 0 Å². The fraction of sp³-hybridized carbons (Fsp3) is 0.400. The van der Waals surface area contributed by atoms with Crippen molar-refractivity contribution in [3.63, 3.8) is 0 Å². The van der Waals surface area contributed by atoms with E-state index in [0.717, 1.165) is 5.69 Å². The number of hydrogen-bond donors (Lipinski definition) is 3. The van der Waals surface area contributed by atoms with Gasteiger partial charge in [-0.3, -0.25) is 10.4 Å². The number of pyridine rings is 1. The third-order valence-corrected chi connectivity index (χ3v) is 2.40. The number of aliphatic hydroxyl groups is 1. The molecule has 5 heteroatoms. The van der Waals surface area contributed by atoms with Crippen LogP contribution in [-0.4, -0.2) is 35.6 Å². The summed E-state index contributed by atoms with van der Waals surface area (Å²) in [5, 5.41) is 16.5. The number of anilines is 1. The maximum atomic E-state index is 9.05. The van der Waals surface area contributed by atoms with Crippen LogP contribution in [0.2, 0.25) is 0 Å². The third-order valence-electron chi connectivity index (χ3n) is 2.40. The van der Waals surface area contributed by atoms with E-state index >= 15 is 0 Å². The van der Waals surface area contributed by atoms with Gasteiger partial charge < -0.3 is 15.7 Å². The van der Waals surface area contributed by atoms with Gasteiger partial charge in [0.05, 0.1) is 18.5 Å². The van der Waals surface area contributed by atoms with E-state index in [1.807, 2.05) is 18.9 Å². The first-order chi connectivity index (χ1) is 7.07. The lowest BCUT2D eigenvalue weighted by atomic mass is 10.1. The number of aromatic nitrogens is 1. The van der Waals surface area contributed by atoms with Crippen LogP contribution in [0.3, 0.4) is 0 Å². The first kappa shape index (κ1) is 11.5. The minimum Gasteiger partial charge on any atom is -0.394 e. The molecule has 1 unspecified atom stereocenters. The second-order valence-corrected chi connectivity index (χ2v) is 3.45. The average Bonchev–Trinajstić information content (AvgIpc) is 2.27. The van der Waals surface area contributed by atoms with Crippen LogP contribution in [0, 0.1) is 5.41 Å². The normalized spacial score (nSPS) is 12.2. The molecule has 5 nitrogen and oxygen atoms in total. The summed E-state index contributed by atoms with van der Waals surface area (Å²) in [6.45, 7) is 1.93. The SMILES string of the molecule is CC(CO)N(C)c1cnccc1C(=N)N. The summed E-state index contributed by atoms with van der Waals surface area (Å²) in [4.78, 5) is 5.84. The molecule has 0 spiro atoms. The molecule has 15 heavy (non-hydrogen) atoms. The van der Waals surface area contributed by atoms with Gasteiger partial charge in [-0.05, 0) is 13.0 Å². The molecule has 0 saturated heterocycles. The predicted molar refractivity (Wildman–Crippen MR) is 60.2 cm³/mol. The van der Waals surface area contributed by atoms with E-state index in [1.165, 1.54) is 0 Å². The second-order valence-electron chi connectivity index (χ2n) is 3.45. The standard InChI is InChI=1S/C10H16N4O/c1-7(6-15)14(2)9-5-13-4-3-8(9)10(11)12/h3-5,7,15H,6H2,1-2H3,(H3,11,12). The van der Waals surface area contributed by atoms with Gasteiger partial charge in [-0.15, -0.1) is 0 Å². The molecule has 1 rings (SSSR count).